The fourth-order valence-corrected chi connectivity index (χ4v) is 4.97. The van der Waals surface area contributed by atoms with Gasteiger partial charge in [0.15, 0.2) is 29.1 Å². The molecule has 33 heavy (non-hydrogen) atoms. The highest BCUT2D eigenvalue weighted by atomic mass is 35.5. The van der Waals surface area contributed by atoms with Crippen LogP contribution >= 0.6 is 19.2 Å². The van der Waals surface area contributed by atoms with Crippen molar-refractivity contribution >= 4 is 36.2 Å². The summed E-state index contributed by atoms with van der Waals surface area (Å²) in [4.78, 5) is 27.0. The van der Waals surface area contributed by atoms with Crippen molar-refractivity contribution in [2.45, 2.75) is 68.5 Å². The zero-order valence-electron chi connectivity index (χ0n) is 17.4. The van der Waals surface area contributed by atoms with E-state index in [0.717, 1.165) is 25.7 Å². The number of hydrogen-bond donors (Lipinski definition) is 6. The average molecular weight is 509 g/mol. The number of anilines is 1. The summed E-state index contributed by atoms with van der Waals surface area (Å²) < 4.78 is 23.6. The number of rotatable bonds is 9. The van der Waals surface area contributed by atoms with Crippen molar-refractivity contribution in [1.82, 2.24) is 25.0 Å². The van der Waals surface area contributed by atoms with Gasteiger partial charge in [-0.1, -0.05) is 18.1 Å². The minimum absolute atomic E-state index is 0.0621. The summed E-state index contributed by atoms with van der Waals surface area (Å²) in [6.45, 7) is -0.945. The van der Waals surface area contributed by atoms with Gasteiger partial charge in [0.05, 0.1) is 6.61 Å². The largest absolute Gasteiger partial charge is 0.396 e. The van der Waals surface area contributed by atoms with E-state index in [-0.39, 0.29) is 23.4 Å². The van der Waals surface area contributed by atoms with Crippen molar-refractivity contribution in [3.8, 4) is 0 Å². The van der Waals surface area contributed by atoms with Crippen molar-refractivity contribution in [3.63, 3.8) is 0 Å². The highest BCUT2D eigenvalue weighted by molar-refractivity contribution is 7.52. The van der Waals surface area contributed by atoms with Crippen LogP contribution in [0.1, 0.15) is 38.3 Å². The van der Waals surface area contributed by atoms with Crippen LogP contribution in [-0.2, 0) is 14.0 Å². The molecule has 0 spiro atoms. The summed E-state index contributed by atoms with van der Waals surface area (Å²) in [5.41, 5.74) is 0.502. The molecule has 184 valence electrons. The SMILES string of the molecule is O=P(O)(O)C(CCO)OC[C@H]1O[C@@H](n2nnc3c(NC4CCCC4)nc(Cl)nc32)[C@H](O)[C@@H]1O. The molecule has 1 unspecified atom stereocenters. The van der Waals surface area contributed by atoms with Crippen LogP contribution in [0.4, 0.5) is 5.82 Å². The second-order valence-electron chi connectivity index (χ2n) is 8.11. The molecular formula is C17H26ClN6O8P. The van der Waals surface area contributed by atoms with Crippen LogP contribution in [-0.4, -0.2) is 93.5 Å². The molecule has 4 rings (SSSR count). The molecule has 1 saturated carbocycles. The number of aliphatic hydroxyl groups excluding tert-OH is 3. The predicted molar refractivity (Wildman–Crippen MR) is 113 cm³/mol. The third-order valence-corrected chi connectivity index (χ3v) is 7.10. The van der Waals surface area contributed by atoms with Crippen molar-refractivity contribution in [1.29, 1.82) is 0 Å². The van der Waals surface area contributed by atoms with Gasteiger partial charge in [0.25, 0.3) is 0 Å². The lowest BCUT2D eigenvalue weighted by Gasteiger charge is -2.21. The summed E-state index contributed by atoms with van der Waals surface area (Å²) in [6.07, 6.45) is -1.37. The maximum atomic E-state index is 11.5. The molecule has 2 aliphatic rings. The molecule has 2 aromatic rings. The van der Waals surface area contributed by atoms with Gasteiger partial charge in [0.2, 0.25) is 5.28 Å². The first-order valence-corrected chi connectivity index (χ1v) is 12.6. The van der Waals surface area contributed by atoms with Crippen molar-refractivity contribution in [2.24, 2.45) is 0 Å². The fraction of sp³-hybridized carbons (Fsp3) is 0.765. The van der Waals surface area contributed by atoms with E-state index in [4.69, 9.17) is 26.2 Å². The summed E-state index contributed by atoms with van der Waals surface area (Å²) in [5.74, 6) is -1.16. The lowest BCUT2D eigenvalue weighted by Crippen LogP contribution is -2.35. The molecule has 14 nitrogen and oxygen atoms in total. The number of fused-ring (bicyclic) bond motifs is 1. The Labute approximate surface area is 193 Å². The molecule has 2 aromatic heterocycles. The molecule has 2 fully saturated rings. The maximum Gasteiger partial charge on any atom is 0.354 e. The number of aromatic nitrogens is 5. The van der Waals surface area contributed by atoms with Crippen molar-refractivity contribution in [2.75, 3.05) is 18.5 Å². The zero-order valence-corrected chi connectivity index (χ0v) is 19.1. The molecule has 1 aliphatic heterocycles. The summed E-state index contributed by atoms with van der Waals surface area (Å²) >= 11 is 6.10. The van der Waals surface area contributed by atoms with E-state index in [1.54, 1.807) is 0 Å². The summed E-state index contributed by atoms with van der Waals surface area (Å²) in [6, 6.07) is 0.224. The quantitative estimate of drug-likeness (QED) is 0.191. The van der Waals surface area contributed by atoms with Crippen LogP contribution in [0.25, 0.3) is 11.2 Å². The molecule has 0 aromatic carbocycles. The van der Waals surface area contributed by atoms with Gasteiger partial charge in [0, 0.05) is 19.1 Å². The van der Waals surface area contributed by atoms with Crippen LogP contribution in [0.2, 0.25) is 5.28 Å². The van der Waals surface area contributed by atoms with E-state index in [1.165, 1.54) is 4.68 Å². The van der Waals surface area contributed by atoms with Gasteiger partial charge in [-0.05, 0) is 24.4 Å². The Kier molecular flexibility index (Phi) is 7.48. The molecule has 5 atom stereocenters. The topological polar surface area (TPSA) is 205 Å². The van der Waals surface area contributed by atoms with Gasteiger partial charge in [0.1, 0.15) is 18.3 Å². The second kappa shape index (κ2) is 10.0. The molecule has 3 heterocycles. The number of aliphatic hydroxyl groups is 3. The van der Waals surface area contributed by atoms with E-state index in [0.29, 0.717) is 11.3 Å². The van der Waals surface area contributed by atoms with E-state index in [2.05, 4.69) is 25.6 Å². The van der Waals surface area contributed by atoms with Gasteiger partial charge in [-0.15, -0.1) is 5.10 Å². The first kappa shape index (κ1) is 24.6. The van der Waals surface area contributed by atoms with E-state index < -0.39 is 51.2 Å². The Balaban J connectivity index is 1.53. The standard InChI is InChI=1S/C17H26ClN6O8P/c18-17-20-14(19-8-3-1-2-4-8)11-15(21-17)24(23-22-11)16-13(27)12(26)9(32-16)7-31-10(5-6-25)33(28,29)30/h8-10,12-13,16,25-27H,1-7H2,(H,19,20,21)(H2,28,29,30)/t9-,10?,12-,13-,16-/m1/s1. The minimum Gasteiger partial charge on any atom is -0.396 e. The molecule has 1 saturated heterocycles. The maximum absolute atomic E-state index is 11.5. The lowest BCUT2D eigenvalue weighted by atomic mass is 10.1. The second-order valence-corrected chi connectivity index (χ2v) is 10.2. The number of nitrogens with zero attached hydrogens (tertiary/aromatic N) is 5. The number of halogens is 1. The van der Waals surface area contributed by atoms with Crippen LogP contribution in [0.15, 0.2) is 0 Å². The normalized spacial score (nSPS) is 27.5. The highest BCUT2D eigenvalue weighted by Crippen LogP contribution is 2.44. The highest BCUT2D eigenvalue weighted by Gasteiger charge is 2.46. The molecule has 0 bridgehead atoms. The molecular weight excluding hydrogens is 483 g/mol. The minimum atomic E-state index is -4.65. The van der Waals surface area contributed by atoms with Gasteiger partial charge >= 0.3 is 7.60 Å². The zero-order chi connectivity index (χ0) is 23.8. The Hall–Kier alpha value is -1.48. The number of ether oxygens (including phenoxy) is 2. The lowest BCUT2D eigenvalue weighted by molar-refractivity contribution is -0.0782. The van der Waals surface area contributed by atoms with E-state index in [1.807, 2.05) is 0 Å². The Bertz CT molecular complexity index is 1020. The van der Waals surface area contributed by atoms with Gasteiger partial charge in [-0.3, -0.25) is 4.57 Å². The molecule has 16 heteroatoms. The summed E-state index contributed by atoms with van der Waals surface area (Å²) in [5, 5.41) is 41.3. The molecule has 6 N–H and O–H groups in total. The number of hydrogen-bond acceptors (Lipinski definition) is 11. The third-order valence-electron chi connectivity index (χ3n) is 5.77. The van der Waals surface area contributed by atoms with E-state index in [9.17, 15) is 24.6 Å². The number of nitrogens with one attached hydrogen (secondary N) is 1. The van der Waals surface area contributed by atoms with Crippen LogP contribution in [0, 0.1) is 0 Å². The van der Waals surface area contributed by atoms with Crippen LogP contribution < -0.4 is 5.32 Å². The van der Waals surface area contributed by atoms with Crippen molar-refractivity contribution in [3.05, 3.63) is 5.28 Å². The Morgan fingerprint density at radius 1 is 1.24 bits per heavy atom. The molecule has 0 radical (unpaired) electrons. The smallest absolute Gasteiger partial charge is 0.354 e. The summed E-state index contributed by atoms with van der Waals surface area (Å²) in [7, 11) is -4.65. The van der Waals surface area contributed by atoms with Crippen molar-refractivity contribution < 1.29 is 39.1 Å². The third kappa shape index (κ3) is 5.29. The monoisotopic (exact) mass is 508 g/mol. The fourth-order valence-electron chi connectivity index (χ4n) is 4.07. The Morgan fingerprint density at radius 3 is 2.64 bits per heavy atom. The average Bonchev–Trinajstić information content (AvgIpc) is 3.46. The van der Waals surface area contributed by atoms with Gasteiger partial charge in [-0.25, -0.2) is 0 Å². The van der Waals surface area contributed by atoms with Crippen LogP contribution in [0.5, 0.6) is 0 Å². The first-order chi connectivity index (χ1) is 15.7. The first-order valence-electron chi connectivity index (χ1n) is 10.5. The van der Waals surface area contributed by atoms with E-state index >= 15 is 0 Å². The molecule has 0 amide bonds. The van der Waals surface area contributed by atoms with Gasteiger partial charge in [-0.2, -0.15) is 14.6 Å². The van der Waals surface area contributed by atoms with Gasteiger partial charge < -0.3 is 39.9 Å². The molecule has 1 aliphatic carbocycles. The predicted octanol–water partition coefficient (Wildman–Crippen LogP) is -0.249. The Morgan fingerprint density at radius 2 is 1.97 bits per heavy atom. The van der Waals surface area contributed by atoms with Crippen LogP contribution in [0.3, 0.4) is 0 Å².